The van der Waals surface area contributed by atoms with Crippen LogP contribution in [0.4, 0.5) is 10.5 Å². The van der Waals surface area contributed by atoms with Crippen LogP contribution in [-0.2, 0) is 11.2 Å². The summed E-state index contributed by atoms with van der Waals surface area (Å²) in [6.45, 7) is 0.165. The smallest absolute Gasteiger partial charge is 0.450 e. The van der Waals surface area contributed by atoms with Gasteiger partial charge in [-0.2, -0.15) is 0 Å². The van der Waals surface area contributed by atoms with E-state index in [0.717, 1.165) is 5.56 Å². The van der Waals surface area contributed by atoms with Gasteiger partial charge in [0.15, 0.2) is 0 Å². The van der Waals surface area contributed by atoms with Gasteiger partial charge in [0.05, 0.1) is 6.61 Å². The molecular formula is C9H11NO3. The molecule has 1 aromatic rings. The van der Waals surface area contributed by atoms with Gasteiger partial charge in [-0.25, -0.2) is 4.79 Å². The number of benzene rings is 1. The SMILES string of the molecule is Nc1cccc(CCOC(=O)O)c1. The van der Waals surface area contributed by atoms with Crippen LogP contribution in [0.5, 0.6) is 0 Å². The van der Waals surface area contributed by atoms with Gasteiger partial charge < -0.3 is 15.6 Å². The van der Waals surface area contributed by atoms with Gasteiger partial charge in [0.25, 0.3) is 0 Å². The van der Waals surface area contributed by atoms with Gasteiger partial charge >= 0.3 is 6.16 Å². The first-order valence-electron chi connectivity index (χ1n) is 3.88. The van der Waals surface area contributed by atoms with E-state index in [1.807, 2.05) is 12.1 Å². The van der Waals surface area contributed by atoms with Crippen molar-refractivity contribution in [2.75, 3.05) is 12.3 Å². The van der Waals surface area contributed by atoms with Crippen LogP contribution in [0.2, 0.25) is 0 Å². The molecule has 0 aliphatic carbocycles. The van der Waals surface area contributed by atoms with Gasteiger partial charge in [-0.1, -0.05) is 12.1 Å². The summed E-state index contributed by atoms with van der Waals surface area (Å²) in [5.41, 5.74) is 7.18. The lowest BCUT2D eigenvalue weighted by atomic mass is 10.1. The van der Waals surface area contributed by atoms with Crippen molar-refractivity contribution in [2.45, 2.75) is 6.42 Å². The average molecular weight is 181 g/mol. The molecule has 0 aromatic heterocycles. The molecule has 0 spiro atoms. The highest BCUT2D eigenvalue weighted by Crippen LogP contribution is 2.06. The van der Waals surface area contributed by atoms with E-state index in [9.17, 15) is 4.79 Å². The first-order valence-corrected chi connectivity index (χ1v) is 3.88. The molecule has 0 fully saturated rings. The van der Waals surface area contributed by atoms with Crippen LogP contribution < -0.4 is 5.73 Å². The zero-order valence-electron chi connectivity index (χ0n) is 7.06. The second-order valence-corrected chi connectivity index (χ2v) is 2.61. The number of nitrogens with two attached hydrogens (primary N) is 1. The number of rotatable bonds is 3. The van der Waals surface area contributed by atoms with Crippen molar-refractivity contribution in [1.29, 1.82) is 0 Å². The van der Waals surface area contributed by atoms with Crippen LogP contribution in [0.1, 0.15) is 5.56 Å². The number of carboxylic acid groups (broad SMARTS) is 1. The van der Waals surface area contributed by atoms with E-state index in [0.29, 0.717) is 12.1 Å². The molecule has 0 radical (unpaired) electrons. The highest BCUT2D eigenvalue weighted by atomic mass is 16.7. The lowest BCUT2D eigenvalue weighted by molar-refractivity contribution is 0.0927. The molecule has 0 heterocycles. The van der Waals surface area contributed by atoms with Gasteiger partial charge in [0.1, 0.15) is 0 Å². The number of carbonyl (C=O) groups is 1. The molecule has 13 heavy (non-hydrogen) atoms. The molecule has 4 nitrogen and oxygen atoms in total. The Balaban J connectivity index is 2.41. The standard InChI is InChI=1S/C9H11NO3/c10-8-3-1-2-7(6-8)4-5-13-9(11)12/h1-3,6H,4-5,10H2,(H,11,12). The quantitative estimate of drug-likeness (QED) is 0.547. The predicted octanol–water partition coefficient (Wildman–Crippen LogP) is 1.51. The van der Waals surface area contributed by atoms with Crippen molar-refractivity contribution < 1.29 is 14.6 Å². The van der Waals surface area contributed by atoms with Crippen molar-refractivity contribution in [3.63, 3.8) is 0 Å². The van der Waals surface area contributed by atoms with Crippen LogP contribution in [-0.4, -0.2) is 17.9 Å². The number of hydrogen-bond acceptors (Lipinski definition) is 3. The molecule has 1 rings (SSSR count). The Kier molecular flexibility index (Phi) is 3.14. The molecule has 0 unspecified atom stereocenters. The van der Waals surface area contributed by atoms with E-state index in [4.69, 9.17) is 10.8 Å². The third-order valence-corrected chi connectivity index (χ3v) is 1.57. The summed E-state index contributed by atoms with van der Waals surface area (Å²) < 4.78 is 4.36. The van der Waals surface area contributed by atoms with E-state index in [2.05, 4.69) is 4.74 Å². The first-order chi connectivity index (χ1) is 6.18. The zero-order valence-corrected chi connectivity index (χ0v) is 7.06. The number of nitrogen functional groups attached to an aromatic ring is 1. The molecule has 0 aliphatic heterocycles. The fourth-order valence-electron chi connectivity index (χ4n) is 1.00. The Morgan fingerprint density at radius 3 is 2.92 bits per heavy atom. The molecule has 0 atom stereocenters. The minimum absolute atomic E-state index is 0.165. The summed E-state index contributed by atoms with van der Waals surface area (Å²) in [5.74, 6) is 0. The molecule has 0 aliphatic rings. The monoisotopic (exact) mass is 181 g/mol. The second-order valence-electron chi connectivity index (χ2n) is 2.61. The summed E-state index contributed by atoms with van der Waals surface area (Å²) in [7, 11) is 0. The highest BCUT2D eigenvalue weighted by Gasteiger charge is 1.97. The first kappa shape index (κ1) is 9.38. The fourth-order valence-corrected chi connectivity index (χ4v) is 1.00. The Morgan fingerprint density at radius 2 is 2.31 bits per heavy atom. The summed E-state index contributed by atoms with van der Waals surface area (Å²) in [5, 5.41) is 8.20. The average Bonchev–Trinajstić information content (AvgIpc) is 2.03. The lowest BCUT2D eigenvalue weighted by Crippen LogP contribution is -2.04. The third-order valence-electron chi connectivity index (χ3n) is 1.57. The van der Waals surface area contributed by atoms with E-state index in [1.54, 1.807) is 12.1 Å². The van der Waals surface area contributed by atoms with Crippen LogP contribution in [0.15, 0.2) is 24.3 Å². The van der Waals surface area contributed by atoms with Crippen molar-refractivity contribution in [1.82, 2.24) is 0 Å². The third kappa shape index (κ3) is 3.46. The maximum absolute atomic E-state index is 10.0. The van der Waals surface area contributed by atoms with Gasteiger partial charge in [-0.15, -0.1) is 0 Å². The van der Waals surface area contributed by atoms with Gasteiger partial charge in [-0.05, 0) is 17.7 Å². The topological polar surface area (TPSA) is 72.5 Å². The minimum Gasteiger partial charge on any atom is -0.450 e. The van der Waals surface area contributed by atoms with Crippen molar-refractivity contribution in [3.8, 4) is 0 Å². The van der Waals surface area contributed by atoms with E-state index < -0.39 is 6.16 Å². The number of hydrogen-bond donors (Lipinski definition) is 2. The van der Waals surface area contributed by atoms with Crippen molar-refractivity contribution >= 4 is 11.8 Å². The summed E-state index contributed by atoms with van der Waals surface area (Å²) in [6.07, 6.45) is -0.693. The van der Waals surface area contributed by atoms with Crippen molar-refractivity contribution in [2.24, 2.45) is 0 Å². The largest absolute Gasteiger partial charge is 0.505 e. The molecule has 0 amide bonds. The minimum atomic E-state index is -1.25. The number of anilines is 1. The molecular weight excluding hydrogens is 170 g/mol. The molecule has 4 heteroatoms. The second kappa shape index (κ2) is 4.35. The van der Waals surface area contributed by atoms with Gasteiger partial charge in [0, 0.05) is 12.1 Å². The van der Waals surface area contributed by atoms with Gasteiger partial charge in [0.2, 0.25) is 0 Å². The maximum Gasteiger partial charge on any atom is 0.505 e. The van der Waals surface area contributed by atoms with Crippen molar-refractivity contribution in [3.05, 3.63) is 29.8 Å². The van der Waals surface area contributed by atoms with E-state index >= 15 is 0 Å². The Morgan fingerprint density at radius 1 is 1.54 bits per heavy atom. The Labute approximate surface area is 75.9 Å². The molecule has 0 bridgehead atoms. The highest BCUT2D eigenvalue weighted by molar-refractivity contribution is 5.56. The van der Waals surface area contributed by atoms with Gasteiger partial charge in [-0.3, -0.25) is 0 Å². The maximum atomic E-state index is 10.0. The summed E-state index contributed by atoms with van der Waals surface area (Å²) in [4.78, 5) is 10.0. The number of ether oxygens (including phenoxy) is 1. The summed E-state index contributed by atoms with van der Waals surface area (Å²) >= 11 is 0. The predicted molar refractivity (Wildman–Crippen MR) is 48.5 cm³/mol. The van der Waals surface area contributed by atoms with Crippen LogP contribution in [0.3, 0.4) is 0 Å². The Bertz CT molecular complexity index is 299. The van der Waals surface area contributed by atoms with E-state index in [-0.39, 0.29) is 6.61 Å². The molecule has 70 valence electrons. The molecule has 3 N–H and O–H groups in total. The molecule has 0 saturated heterocycles. The normalized spacial score (nSPS) is 9.54. The lowest BCUT2D eigenvalue weighted by Gasteiger charge is -2.01. The summed E-state index contributed by atoms with van der Waals surface area (Å²) in [6, 6.07) is 7.28. The van der Waals surface area contributed by atoms with Crippen LogP contribution in [0.25, 0.3) is 0 Å². The van der Waals surface area contributed by atoms with E-state index in [1.165, 1.54) is 0 Å². The van der Waals surface area contributed by atoms with Crippen LogP contribution >= 0.6 is 0 Å². The Hall–Kier alpha value is -1.71. The fraction of sp³-hybridized carbons (Fsp3) is 0.222. The molecule has 1 aromatic carbocycles. The molecule has 0 saturated carbocycles. The zero-order chi connectivity index (χ0) is 9.68. The van der Waals surface area contributed by atoms with Crippen LogP contribution in [0, 0.1) is 0 Å².